The fourth-order valence-electron chi connectivity index (χ4n) is 6.94. The zero-order chi connectivity index (χ0) is 31.5. The predicted octanol–water partition coefficient (Wildman–Crippen LogP) is 2.79. The van der Waals surface area contributed by atoms with Crippen molar-refractivity contribution in [3.8, 4) is 0 Å². The molecule has 3 fully saturated rings. The van der Waals surface area contributed by atoms with Gasteiger partial charge in [-0.3, -0.25) is 24.6 Å². The van der Waals surface area contributed by atoms with E-state index in [-0.39, 0.29) is 48.0 Å². The van der Waals surface area contributed by atoms with Crippen LogP contribution in [0.4, 0.5) is 0 Å². The molecular formula is C33H39N7O4S. The Morgan fingerprint density at radius 1 is 1.02 bits per heavy atom. The molecule has 4 heterocycles. The molecule has 6 rings (SSSR count). The minimum atomic E-state index is -0.829. The summed E-state index contributed by atoms with van der Waals surface area (Å²) in [5.41, 5.74) is 7.57. The van der Waals surface area contributed by atoms with Crippen molar-refractivity contribution in [3.05, 3.63) is 65.2 Å². The van der Waals surface area contributed by atoms with Crippen LogP contribution in [0.3, 0.4) is 0 Å². The molecule has 11 nitrogen and oxygen atoms in total. The zero-order valence-corrected chi connectivity index (χ0v) is 26.0. The van der Waals surface area contributed by atoms with Gasteiger partial charge >= 0.3 is 0 Å². The molecule has 4 N–H and O–H groups in total. The van der Waals surface area contributed by atoms with Crippen molar-refractivity contribution in [1.29, 1.82) is 5.41 Å². The zero-order valence-electron chi connectivity index (χ0n) is 25.2. The molecule has 4 atom stereocenters. The van der Waals surface area contributed by atoms with E-state index in [0.29, 0.717) is 56.7 Å². The van der Waals surface area contributed by atoms with Crippen LogP contribution in [0.1, 0.15) is 53.9 Å². The lowest BCUT2D eigenvalue weighted by molar-refractivity contribution is -0.151. The van der Waals surface area contributed by atoms with E-state index in [2.05, 4.69) is 10.3 Å². The molecule has 0 spiro atoms. The number of nitrogens with zero attached hydrogens (tertiary/aromatic N) is 4. The highest BCUT2D eigenvalue weighted by atomic mass is 32.1. The van der Waals surface area contributed by atoms with Crippen LogP contribution in [0.2, 0.25) is 0 Å². The maximum Gasteiger partial charge on any atom is 0.243 e. The second-order valence-electron chi connectivity index (χ2n) is 12.3. The van der Waals surface area contributed by atoms with E-state index >= 15 is 0 Å². The Labute approximate surface area is 266 Å². The van der Waals surface area contributed by atoms with E-state index in [1.54, 1.807) is 14.7 Å². The average Bonchev–Trinajstić information content (AvgIpc) is 3.69. The monoisotopic (exact) mass is 629 g/mol. The lowest BCUT2D eigenvalue weighted by atomic mass is 9.89. The van der Waals surface area contributed by atoms with Crippen LogP contribution >= 0.6 is 11.3 Å². The van der Waals surface area contributed by atoms with Gasteiger partial charge in [0.25, 0.3) is 0 Å². The van der Waals surface area contributed by atoms with Gasteiger partial charge in [0.05, 0.1) is 28.8 Å². The quantitative estimate of drug-likeness (QED) is 0.187. The number of benzene rings is 2. The van der Waals surface area contributed by atoms with Crippen molar-refractivity contribution < 1.29 is 19.2 Å². The number of carbonyl (C=O) groups is 4. The van der Waals surface area contributed by atoms with E-state index in [4.69, 9.17) is 11.1 Å². The van der Waals surface area contributed by atoms with Crippen molar-refractivity contribution in [2.75, 3.05) is 26.2 Å². The summed E-state index contributed by atoms with van der Waals surface area (Å²) in [6.45, 7) is 1.59. The smallest absolute Gasteiger partial charge is 0.243 e. The number of Topliss-reactive ketones (excluding diaryl/α,β-unsaturated/α-hetero) is 1. The Morgan fingerprint density at radius 2 is 1.80 bits per heavy atom. The maximum absolute atomic E-state index is 13.9. The van der Waals surface area contributed by atoms with E-state index < -0.39 is 12.1 Å². The van der Waals surface area contributed by atoms with Gasteiger partial charge in [-0.05, 0) is 62.1 Å². The number of hydrogen-bond donors (Lipinski definition) is 3. The van der Waals surface area contributed by atoms with Gasteiger partial charge in [-0.15, -0.1) is 11.3 Å². The van der Waals surface area contributed by atoms with Crippen molar-refractivity contribution in [3.63, 3.8) is 0 Å². The molecule has 0 bridgehead atoms. The number of thiazole rings is 1. The molecule has 0 radical (unpaired) electrons. The minimum absolute atomic E-state index is 0.00554. The molecule has 0 unspecified atom stereocenters. The van der Waals surface area contributed by atoms with E-state index in [1.165, 1.54) is 11.3 Å². The number of nitrogens with one attached hydrogen (secondary N) is 2. The van der Waals surface area contributed by atoms with Gasteiger partial charge in [-0.25, -0.2) is 4.98 Å². The summed E-state index contributed by atoms with van der Waals surface area (Å²) in [5, 5.41) is 11.2. The highest BCUT2D eigenvalue weighted by Crippen LogP contribution is 2.30. The van der Waals surface area contributed by atoms with Gasteiger partial charge in [0.1, 0.15) is 6.04 Å². The predicted molar refractivity (Wildman–Crippen MR) is 172 cm³/mol. The molecule has 3 aromatic rings. The summed E-state index contributed by atoms with van der Waals surface area (Å²) in [4.78, 5) is 63.7. The lowest BCUT2D eigenvalue weighted by Gasteiger charge is -2.39. The molecule has 3 aliphatic rings. The summed E-state index contributed by atoms with van der Waals surface area (Å²) < 4.78 is 0.895. The van der Waals surface area contributed by atoms with Crippen molar-refractivity contribution >= 4 is 51.0 Å². The summed E-state index contributed by atoms with van der Waals surface area (Å²) in [6, 6.07) is 15.6. The Bertz CT molecular complexity index is 1560. The Kier molecular flexibility index (Phi) is 9.11. The molecule has 45 heavy (non-hydrogen) atoms. The van der Waals surface area contributed by atoms with Gasteiger partial charge in [0.2, 0.25) is 23.5 Å². The number of rotatable bonds is 9. The fourth-order valence-corrected chi connectivity index (χ4v) is 7.90. The number of ketones is 1. The topological polar surface area (TPSA) is 153 Å². The number of guanidine groups is 1. The molecule has 0 saturated carbocycles. The fraction of sp³-hybridized carbons (Fsp3) is 0.455. The second kappa shape index (κ2) is 13.4. The highest BCUT2D eigenvalue weighted by Gasteiger charge is 2.46. The number of piperazine rings is 1. The molecule has 0 aliphatic carbocycles. The van der Waals surface area contributed by atoms with Crippen LogP contribution in [0.15, 0.2) is 54.6 Å². The van der Waals surface area contributed by atoms with E-state index in [1.807, 2.05) is 54.6 Å². The van der Waals surface area contributed by atoms with E-state index in [9.17, 15) is 19.2 Å². The van der Waals surface area contributed by atoms with Crippen molar-refractivity contribution in [2.45, 2.75) is 63.1 Å². The van der Waals surface area contributed by atoms with E-state index in [0.717, 1.165) is 28.6 Å². The summed E-state index contributed by atoms with van der Waals surface area (Å²) in [5.74, 6) is -0.850. The van der Waals surface area contributed by atoms with Crippen molar-refractivity contribution in [1.82, 2.24) is 25.0 Å². The molecule has 12 heteroatoms. The average molecular weight is 630 g/mol. The molecular weight excluding hydrogens is 590 g/mol. The first-order valence-corrected chi connectivity index (χ1v) is 16.5. The first kappa shape index (κ1) is 30.7. The van der Waals surface area contributed by atoms with Crippen LogP contribution < -0.4 is 11.1 Å². The summed E-state index contributed by atoms with van der Waals surface area (Å²) >= 11 is 1.31. The molecule has 2 aromatic carbocycles. The second-order valence-corrected chi connectivity index (χ2v) is 13.3. The Hall–Kier alpha value is -4.32. The number of fused-ring (bicyclic) bond motifs is 2. The van der Waals surface area contributed by atoms with Gasteiger partial charge < -0.3 is 25.8 Å². The Morgan fingerprint density at radius 3 is 2.58 bits per heavy atom. The third kappa shape index (κ3) is 6.85. The number of likely N-dealkylation sites (tertiary alicyclic amines) is 1. The number of amides is 3. The van der Waals surface area contributed by atoms with Gasteiger partial charge in [0.15, 0.2) is 11.0 Å². The number of hydrogen-bond acceptors (Lipinski definition) is 7. The van der Waals surface area contributed by atoms with Gasteiger partial charge in [-0.2, -0.15) is 0 Å². The first-order chi connectivity index (χ1) is 21.8. The standard InChI is InChI=1S/C33H39N7O4S/c34-33(35)38-16-6-9-22(18-38)17-25(30(43)32-37-24-10-4-5-11-27(24)45-32)36-31(44)26-14-13-23-19-39(20-29(42)40(23)26)28(41)15-12-21-7-2-1-3-8-21/h1-5,7-8,10-11,22-23,25-26H,6,9,12-20H2,(H3,34,35)(H,36,44)/t22-,23-,25-,26-/m0/s1. The van der Waals surface area contributed by atoms with Gasteiger partial charge in [-0.1, -0.05) is 42.5 Å². The number of aromatic nitrogens is 1. The van der Waals surface area contributed by atoms with Crippen LogP contribution in [0, 0.1) is 11.3 Å². The van der Waals surface area contributed by atoms with Crippen LogP contribution in [-0.4, -0.2) is 93.5 Å². The van der Waals surface area contributed by atoms with Crippen LogP contribution in [-0.2, 0) is 20.8 Å². The molecule has 3 aliphatic heterocycles. The lowest BCUT2D eigenvalue weighted by Crippen LogP contribution is -2.60. The van der Waals surface area contributed by atoms with Gasteiger partial charge in [0, 0.05) is 26.1 Å². The number of carbonyl (C=O) groups excluding carboxylic acids is 4. The molecule has 236 valence electrons. The van der Waals surface area contributed by atoms with Crippen LogP contribution in [0.25, 0.3) is 10.2 Å². The molecule has 3 saturated heterocycles. The van der Waals surface area contributed by atoms with Crippen molar-refractivity contribution in [2.24, 2.45) is 11.7 Å². The third-order valence-corrected chi connectivity index (χ3v) is 10.3. The SMILES string of the molecule is N=C(N)N1CCC[C@@H](C[C@H](NC(=O)[C@@H]2CC[C@H]3CN(C(=O)CCc4ccccc4)CC(=O)N32)C(=O)c2nc3ccccc3s2)C1. The number of nitrogens with two attached hydrogens (primary N) is 1. The normalized spacial score (nSPS) is 22.3. The number of piperidine rings is 1. The minimum Gasteiger partial charge on any atom is -0.370 e. The number of para-hydroxylation sites is 1. The largest absolute Gasteiger partial charge is 0.370 e. The third-order valence-electron chi connectivity index (χ3n) is 9.24. The summed E-state index contributed by atoms with van der Waals surface area (Å²) in [6.07, 6.45) is 4.10. The molecule has 3 amide bonds. The Balaban J connectivity index is 1.14. The summed E-state index contributed by atoms with van der Waals surface area (Å²) in [7, 11) is 0. The van der Waals surface area contributed by atoms with Crippen LogP contribution in [0.5, 0.6) is 0 Å². The highest BCUT2D eigenvalue weighted by molar-refractivity contribution is 7.20. The molecule has 1 aromatic heterocycles. The first-order valence-electron chi connectivity index (χ1n) is 15.7. The maximum atomic E-state index is 13.9. The number of aryl methyl sites for hydroxylation is 1.